The molecule has 0 aromatic carbocycles. The lowest BCUT2D eigenvalue weighted by Gasteiger charge is -2.42. The summed E-state index contributed by atoms with van der Waals surface area (Å²) >= 11 is 0. The van der Waals surface area contributed by atoms with Gasteiger partial charge in [-0.25, -0.2) is 0 Å². The number of hydrogen-bond acceptors (Lipinski definition) is 2. The topological polar surface area (TPSA) is 32.3 Å². The molecular formula is C14H27ClN2O. The van der Waals surface area contributed by atoms with Gasteiger partial charge in [-0.1, -0.05) is 20.8 Å². The molecule has 0 saturated carbocycles. The molecule has 0 spiro atoms. The van der Waals surface area contributed by atoms with E-state index in [1.54, 1.807) is 0 Å². The summed E-state index contributed by atoms with van der Waals surface area (Å²) in [6, 6.07) is 0.478. The zero-order valence-corrected chi connectivity index (χ0v) is 12.6. The Morgan fingerprint density at radius 3 is 2.39 bits per heavy atom. The first kappa shape index (κ1) is 15.8. The molecule has 18 heavy (non-hydrogen) atoms. The first-order valence-electron chi connectivity index (χ1n) is 7.12. The van der Waals surface area contributed by atoms with Crippen LogP contribution in [0.3, 0.4) is 0 Å². The van der Waals surface area contributed by atoms with Crippen molar-refractivity contribution < 1.29 is 4.79 Å². The maximum Gasteiger partial charge on any atom is 0.226 e. The van der Waals surface area contributed by atoms with Gasteiger partial charge in [0, 0.05) is 18.5 Å². The van der Waals surface area contributed by atoms with Crippen LogP contribution in [0.2, 0.25) is 0 Å². The smallest absolute Gasteiger partial charge is 0.226 e. The number of likely N-dealkylation sites (tertiary alicyclic amines) is 1. The molecule has 2 atom stereocenters. The number of halogens is 1. The van der Waals surface area contributed by atoms with Crippen molar-refractivity contribution in [2.24, 2.45) is 17.8 Å². The number of amides is 1. The van der Waals surface area contributed by atoms with Crippen molar-refractivity contribution in [3.8, 4) is 0 Å². The molecule has 2 aliphatic rings. The molecular weight excluding hydrogens is 248 g/mol. The molecule has 0 aromatic heterocycles. The van der Waals surface area contributed by atoms with Crippen LogP contribution >= 0.6 is 12.4 Å². The maximum atomic E-state index is 12.5. The van der Waals surface area contributed by atoms with Crippen molar-refractivity contribution in [3.63, 3.8) is 0 Å². The van der Waals surface area contributed by atoms with Gasteiger partial charge in [0.1, 0.15) is 0 Å². The van der Waals surface area contributed by atoms with Crippen molar-refractivity contribution in [2.75, 3.05) is 19.6 Å². The van der Waals surface area contributed by atoms with Crippen LogP contribution in [0.25, 0.3) is 0 Å². The molecule has 2 aliphatic heterocycles. The normalized spacial score (nSPS) is 26.4. The van der Waals surface area contributed by atoms with Crippen LogP contribution in [0.5, 0.6) is 0 Å². The van der Waals surface area contributed by atoms with Crippen LogP contribution in [0.1, 0.15) is 40.0 Å². The summed E-state index contributed by atoms with van der Waals surface area (Å²) in [5, 5.41) is 3.26. The van der Waals surface area contributed by atoms with Gasteiger partial charge in [-0.15, -0.1) is 12.4 Å². The highest BCUT2D eigenvalue weighted by Gasteiger charge is 2.36. The first-order valence-corrected chi connectivity index (χ1v) is 7.12. The van der Waals surface area contributed by atoms with Crippen LogP contribution in [0.15, 0.2) is 0 Å². The van der Waals surface area contributed by atoms with E-state index in [4.69, 9.17) is 0 Å². The van der Waals surface area contributed by atoms with Crippen LogP contribution < -0.4 is 5.32 Å². The van der Waals surface area contributed by atoms with Crippen LogP contribution in [0.4, 0.5) is 0 Å². The first-order chi connectivity index (χ1) is 8.11. The average molecular weight is 275 g/mol. The summed E-state index contributed by atoms with van der Waals surface area (Å²) in [5.74, 6) is 1.76. The predicted octanol–water partition coefficient (Wildman–Crippen LogP) is 2.30. The average Bonchev–Trinajstić information content (AvgIpc) is 2.25. The number of carbonyl (C=O) groups is 1. The van der Waals surface area contributed by atoms with Gasteiger partial charge in [-0.05, 0) is 44.2 Å². The fourth-order valence-electron chi connectivity index (χ4n) is 3.05. The molecule has 1 N–H and O–H groups in total. The molecule has 2 heterocycles. The Morgan fingerprint density at radius 2 is 1.89 bits per heavy atom. The summed E-state index contributed by atoms with van der Waals surface area (Å²) < 4.78 is 0. The van der Waals surface area contributed by atoms with Crippen molar-refractivity contribution in [1.29, 1.82) is 0 Å². The van der Waals surface area contributed by atoms with Gasteiger partial charge >= 0.3 is 0 Å². The number of nitrogens with one attached hydrogen (secondary N) is 1. The molecule has 106 valence electrons. The Bertz CT molecular complexity index is 279. The van der Waals surface area contributed by atoms with Gasteiger partial charge in [0.2, 0.25) is 5.91 Å². The number of nitrogens with zero attached hydrogens (tertiary/aromatic N) is 1. The summed E-state index contributed by atoms with van der Waals surface area (Å²) in [6.45, 7) is 9.61. The minimum Gasteiger partial charge on any atom is -0.339 e. The summed E-state index contributed by atoms with van der Waals surface area (Å²) in [6.07, 6.45) is 3.66. The third kappa shape index (κ3) is 3.18. The van der Waals surface area contributed by atoms with Crippen molar-refractivity contribution in [1.82, 2.24) is 10.2 Å². The summed E-state index contributed by atoms with van der Waals surface area (Å²) in [7, 11) is 0. The SMILES string of the molecule is CC(C)C1CCCCN1C(=O)C(C)C1CNC1.Cl. The fourth-order valence-corrected chi connectivity index (χ4v) is 3.05. The molecule has 2 unspecified atom stereocenters. The Kier molecular flexibility index (Phi) is 5.93. The lowest BCUT2D eigenvalue weighted by Crippen LogP contribution is -2.54. The van der Waals surface area contributed by atoms with Crippen LogP contribution in [-0.4, -0.2) is 36.5 Å². The van der Waals surface area contributed by atoms with E-state index in [0.29, 0.717) is 23.8 Å². The molecule has 2 fully saturated rings. The number of rotatable bonds is 3. The van der Waals surface area contributed by atoms with E-state index in [1.807, 2.05) is 0 Å². The van der Waals surface area contributed by atoms with Gasteiger partial charge in [-0.2, -0.15) is 0 Å². The summed E-state index contributed by atoms with van der Waals surface area (Å²) in [4.78, 5) is 14.7. The second-order valence-electron chi connectivity index (χ2n) is 6.05. The van der Waals surface area contributed by atoms with Gasteiger partial charge < -0.3 is 10.2 Å². The Balaban J connectivity index is 0.00000162. The number of piperidine rings is 1. The van der Waals surface area contributed by atoms with Crippen molar-refractivity contribution >= 4 is 18.3 Å². The third-order valence-electron chi connectivity index (χ3n) is 4.51. The predicted molar refractivity (Wildman–Crippen MR) is 77.0 cm³/mol. The molecule has 0 radical (unpaired) electrons. The lowest BCUT2D eigenvalue weighted by molar-refractivity contribution is -0.142. The quantitative estimate of drug-likeness (QED) is 0.857. The van der Waals surface area contributed by atoms with Gasteiger partial charge in [0.25, 0.3) is 0 Å². The van der Waals surface area contributed by atoms with Gasteiger partial charge in [0.05, 0.1) is 0 Å². The Labute approximate surface area is 117 Å². The number of carbonyl (C=O) groups excluding carboxylic acids is 1. The van der Waals surface area contributed by atoms with Crippen molar-refractivity contribution in [2.45, 2.75) is 46.1 Å². The van der Waals surface area contributed by atoms with E-state index < -0.39 is 0 Å². The largest absolute Gasteiger partial charge is 0.339 e. The minimum atomic E-state index is 0. The van der Waals surface area contributed by atoms with E-state index in [1.165, 1.54) is 19.3 Å². The highest BCUT2D eigenvalue weighted by Crippen LogP contribution is 2.27. The van der Waals surface area contributed by atoms with E-state index >= 15 is 0 Å². The lowest BCUT2D eigenvalue weighted by atomic mass is 9.85. The standard InChI is InChI=1S/C14H26N2O.ClH/c1-10(2)13-6-4-5-7-16(13)14(17)11(3)12-8-15-9-12;/h10-13,15H,4-9H2,1-3H3;1H. The fraction of sp³-hybridized carbons (Fsp3) is 0.929. The second kappa shape index (κ2) is 6.76. The van der Waals surface area contributed by atoms with E-state index in [-0.39, 0.29) is 18.3 Å². The number of hydrogen-bond donors (Lipinski definition) is 1. The van der Waals surface area contributed by atoms with Crippen LogP contribution in [0, 0.1) is 17.8 Å². The Morgan fingerprint density at radius 1 is 1.22 bits per heavy atom. The molecule has 2 saturated heterocycles. The monoisotopic (exact) mass is 274 g/mol. The van der Waals surface area contributed by atoms with Gasteiger partial charge in [-0.3, -0.25) is 4.79 Å². The zero-order valence-electron chi connectivity index (χ0n) is 11.8. The van der Waals surface area contributed by atoms with Crippen LogP contribution in [-0.2, 0) is 4.79 Å². The highest BCUT2D eigenvalue weighted by atomic mass is 35.5. The third-order valence-corrected chi connectivity index (χ3v) is 4.51. The zero-order chi connectivity index (χ0) is 12.4. The van der Waals surface area contributed by atoms with Crippen molar-refractivity contribution in [3.05, 3.63) is 0 Å². The minimum absolute atomic E-state index is 0. The Hall–Kier alpha value is -0.280. The molecule has 3 nitrogen and oxygen atoms in total. The second-order valence-corrected chi connectivity index (χ2v) is 6.05. The maximum absolute atomic E-state index is 12.5. The molecule has 0 aliphatic carbocycles. The molecule has 1 amide bonds. The molecule has 0 aromatic rings. The highest BCUT2D eigenvalue weighted by molar-refractivity contribution is 5.85. The van der Waals surface area contributed by atoms with E-state index in [9.17, 15) is 4.79 Å². The molecule has 2 rings (SSSR count). The molecule has 4 heteroatoms. The van der Waals surface area contributed by atoms with E-state index in [0.717, 1.165) is 19.6 Å². The van der Waals surface area contributed by atoms with E-state index in [2.05, 4.69) is 31.0 Å². The van der Waals surface area contributed by atoms with Gasteiger partial charge in [0.15, 0.2) is 0 Å². The molecule has 0 bridgehead atoms. The summed E-state index contributed by atoms with van der Waals surface area (Å²) in [5.41, 5.74) is 0.